The van der Waals surface area contributed by atoms with Gasteiger partial charge in [0.2, 0.25) is 6.39 Å². The Kier molecular flexibility index (Phi) is 2.37. The molecule has 1 heterocycles. The molecule has 1 aromatic rings. The van der Waals surface area contributed by atoms with Crippen LogP contribution in [0, 0.1) is 5.92 Å². The molecule has 1 unspecified atom stereocenters. The number of nitrogens with zero attached hydrogens (tertiary/aromatic N) is 1. The van der Waals surface area contributed by atoms with Crippen LogP contribution >= 0.6 is 0 Å². The summed E-state index contributed by atoms with van der Waals surface area (Å²) in [5.74, 6) is 0.813. The van der Waals surface area contributed by atoms with Crippen molar-refractivity contribution in [2.24, 2.45) is 5.92 Å². The van der Waals surface area contributed by atoms with Gasteiger partial charge in [0.05, 0.1) is 0 Å². The minimum absolute atomic E-state index is 0.126. The van der Waals surface area contributed by atoms with E-state index < -0.39 is 6.39 Å². The Morgan fingerprint density at radius 1 is 1.40 bits per heavy atom. The van der Waals surface area contributed by atoms with Crippen molar-refractivity contribution in [3.05, 3.63) is 29.3 Å². The lowest BCUT2D eigenvalue weighted by Gasteiger charge is -2.58. The molecule has 1 saturated carbocycles. The number of fused-ring (bicyclic) bond motifs is 1. The number of aromatic hydroxyl groups is 1. The zero-order chi connectivity index (χ0) is 14.6. The number of carbonyl (C=O) groups excluding carboxylic acids is 1. The van der Waals surface area contributed by atoms with E-state index in [1.165, 1.54) is 24.0 Å². The average Bonchev–Trinajstić information content (AvgIpc) is 2.48. The molecular formula is C17H21NO2. The fourth-order valence-electron chi connectivity index (χ4n) is 5.11. The van der Waals surface area contributed by atoms with E-state index in [9.17, 15) is 9.90 Å². The van der Waals surface area contributed by atoms with Gasteiger partial charge in [-0.25, -0.2) is 0 Å². The lowest BCUT2D eigenvalue weighted by atomic mass is 9.52. The normalized spacial score (nSPS) is 35.8. The summed E-state index contributed by atoms with van der Waals surface area (Å²) < 4.78 is 7.56. The van der Waals surface area contributed by atoms with Gasteiger partial charge < -0.3 is 10.0 Å². The highest BCUT2D eigenvalue weighted by Gasteiger charge is 2.53. The van der Waals surface area contributed by atoms with E-state index in [-0.39, 0.29) is 11.5 Å². The summed E-state index contributed by atoms with van der Waals surface area (Å²) in [7, 11) is 0. The van der Waals surface area contributed by atoms with Crippen LogP contribution in [-0.2, 0) is 16.6 Å². The van der Waals surface area contributed by atoms with Crippen molar-refractivity contribution < 1.29 is 11.3 Å². The molecule has 106 valence electrons. The number of hydrogen-bond acceptors (Lipinski definition) is 2. The lowest BCUT2D eigenvalue weighted by molar-refractivity contribution is -0.126. The fourth-order valence-corrected chi connectivity index (χ4v) is 5.11. The highest BCUT2D eigenvalue weighted by Crippen LogP contribution is 2.55. The maximum atomic E-state index is 11.7. The highest BCUT2D eigenvalue weighted by molar-refractivity contribution is 5.52. The van der Waals surface area contributed by atoms with E-state index in [0.29, 0.717) is 18.2 Å². The minimum Gasteiger partial charge on any atom is -0.508 e. The standard InChI is InChI=1S/C17H21NO2/c19-11-18-8-7-17-6-2-1-3-14(17)16(18)9-12-4-5-13(20)10-15(12)17/h4-5,10-11,14,16,20H,1-3,6-9H2/t14-,16?,17+/m1/s1/i11D. The van der Waals surface area contributed by atoms with E-state index >= 15 is 0 Å². The maximum Gasteiger partial charge on any atom is 0.209 e. The van der Waals surface area contributed by atoms with Crippen molar-refractivity contribution in [1.29, 1.82) is 0 Å². The number of phenols is 1. The predicted octanol–water partition coefficient (Wildman–Crippen LogP) is 2.61. The fraction of sp³-hybridized carbons (Fsp3) is 0.588. The second-order valence-electron chi connectivity index (χ2n) is 6.66. The van der Waals surface area contributed by atoms with Crippen LogP contribution in [0.3, 0.4) is 0 Å². The molecule has 0 aromatic heterocycles. The van der Waals surface area contributed by atoms with Gasteiger partial charge in [0.1, 0.15) is 7.12 Å². The molecule has 1 aromatic carbocycles. The first kappa shape index (κ1) is 11.2. The molecule has 3 heteroatoms. The van der Waals surface area contributed by atoms with Crippen molar-refractivity contribution in [2.45, 2.75) is 50.0 Å². The van der Waals surface area contributed by atoms with Gasteiger partial charge in [0, 0.05) is 18.0 Å². The number of phenolic OH excluding ortho intramolecular Hbond substituents is 1. The van der Waals surface area contributed by atoms with Crippen LogP contribution in [0.5, 0.6) is 5.75 Å². The van der Waals surface area contributed by atoms with Crippen LogP contribution in [0.15, 0.2) is 18.2 Å². The van der Waals surface area contributed by atoms with Crippen molar-refractivity contribution in [1.82, 2.24) is 4.90 Å². The maximum absolute atomic E-state index is 11.7. The molecule has 1 saturated heterocycles. The Balaban J connectivity index is 1.87. The van der Waals surface area contributed by atoms with Gasteiger partial charge >= 0.3 is 0 Å². The number of piperidine rings is 1. The van der Waals surface area contributed by atoms with Crippen molar-refractivity contribution in [3.63, 3.8) is 0 Å². The SMILES string of the molecule is [2H]C(=O)N1CC[C@@]23CCCC[C@@H]2C1Cc1ccc(O)cc13. The first-order valence-electron chi connectivity index (χ1n) is 8.21. The summed E-state index contributed by atoms with van der Waals surface area (Å²) in [6, 6.07) is 5.91. The first-order valence-corrected chi connectivity index (χ1v) is 7.71. The lowest BCUT2D eigenvalue weighted by Crippen LogP contribution is -2.60. The van der Waals surface area contributed by atoms with Gasteiger partial charge in [0.15, 0.2) is 0 Å². The zero-order valence-corrected chi connectivity index (χ0v) is 11.6. The monoisotopic (exact) mass is 272 g/mol. The van der Waals surface area contributed by atoms with E-state index in [1.54, 1.807) is 11.0 Å². The van der Waals surface area contributed by atoms with E-state index in [4.69, 9.17) is 1.37 Å². The average molecular weight is 272 g/mol. The molecule has 3 atom stereocenters. The number of rotatable bonds is 0. The first-order chi connectivity index (χ1) is 10.1. The Morgan fingerprint density at radius 3 is 3.15 bits per heavy atom. The molecule has 3 nitrogen and oxygen atoms in total. The topological polar surface area (TPSA) is 40.5 Å². The number of benzene rings is 1. The van der Waals surface area contributed by atoms with Crippen molar-refractivity contribution >= 4 is 6.39 Å². The molecule has 4 rings (SSSR count). The third-order valence-electron chi connectivity index (χ3n) is 5.94. The van der Waals surface area contributed by atoms with Gasteiger partial charge in [-0.15, -0.1) is 0 Å². The third-order valence-corrected chi connectivity index (χ3v) is 5.94. The molecule has 0 spiro atoms. The zero-order valence-electron chi connectivity index (χ0n) is 12.6. The van der Waals surface area contributed by atoms with Crippen LogP contribution in [0.25, 0.3) is 0 Å². The summed E-state index contributed by atoms with van der Waals surface area (Å²) in [5.41, 5.74) is 2.71. The molecular weight excluding hydrogens is 250 g/mol. The summed E-state index contributed by atoms with van der Waals surface area (Å²) in [4.78, 5) is 13.5. The van der Waals surface area contributed by atoms with E-state index in [1.807, 2.05) is 12.1 Å². The molecule has 1 N–H and O–H groups in total. The largest absolute Gasteiger partial charge is 0.508 e. The smallest absolute Gasteiger partial charge is 0.209 e. The number of likely N-dealkylation sites (tertiary alicyclic amines) is 1. The van der Waals surface area contributed by atoms with Gasteiger partial charge in [-0.1, -0.05) is 18.9 Å². The quantitative estimate of drug-likeness (QED) is 0.738. The van der Waals surface area contributed by atoms with E-state index in [2.05, 4.69) is 0 Å². The highest BCUT2D eigenvalue weighted by atomic mass is 16.3. The van der Waals surface area contributed by atoms with Crippen molar-refractivity contribution in [2.75, 3.05) is 6.54 Å². The van der Waals surface area contributed by atoms with Gasteiger partial charge in [0.25, 0.3) is 0 Å². The van der Waals surface area contributed by atoms with Crippen LogP contribution in [0.2, 0.25) is 0 Å². The molecule has 20 heavy (non-hydrogen) atoms. The Hall–Kier alpha value is -1.51. The molecule has 1 amide bonds. The van der Waals surface area contributed by atoms with Crippen LogP contribution in [-0.4, -0.2) is 29.0 Å². The summed E-state index contributed by atoms with van der Waals surface area (Å²) in [5, 5.41) is 9.92. The number of carbonyl (C=O) groups is 1. The Morgan fingerprint density at radius 2 is 2.30 bits per heavy atom. The molecule has 1 aliphatic heterocycles. The minimum atomic E-state index is -0.526. The Bertz CT molecular complexity index is 602. The Labute approximate surface area is 121 Å². The summed E-state index contributed by atoms with van der Waals surface area (Å²) in [6.07, 6.45) is 6.00. The predicted molar refractivity (Wildman–Crippen MR) is 76.6 cm³/mol. The van der Waals surface area contributed by atoms with Gasteiger partial charge in [-0.05, 0) is 54.9 Å². The molecule has 2 bridgehead atoms. The second kappa shape index (κ2) is 4.24. The number of amides is 1. The van der Waals surface area contributed by atoms with Crippen LogP contribution in [0.1, 0.15) is 44.6 Å². The van der Waals surface area contributed by atoms with Gasteiger partial charge in [-0.2, -0.15) is 0 Å². The molecule has 0 radical (unpaired) electrons. The molecule has 2 aliphatic carbocycles. The second-order valence-corrected chi connectivity index (χ2v) is 6.66. The van der Waals surface area contributed by atoms with Crippen LogP contribution in [0.4, 0.5) is 0 Å². The van der Waals surface area contributed by atoms with Gasteiger partial charge in [-0.3, -0.25) is 4.79 Å². The van der Waals surface area contributed by atoms with Crippen LogP contribution < -0.4 is 0 Å². The number of hydrogen-bond donors (Lipinski definition) is 1. The molecule has 2 fully saturated rings. The summed E-state index contributed by atoms with van der Waals surface area (Å²) >= 11 is 0. The summed E-state index contributed by atoms with van der Waals surface area (Å²) in [6.45, 7) is 0.693. The van der Waals surface area contributed by atoms with Crippen molar-refractivity contribution in [3.8, 4) is 5.75 Å². The molecule has 3 aliphatic rings. The third kappa shape index (κ3) is 1.49. The van der Waals surface area contributed by atoms with E-state index in [0.717, 1.165) is 25.7 Å².